The van der Waals surface area contributed by atoms with Crippen molar-refractivity contribution < 1.29 is 9.47 Å². The summed E-state index contributed by atoms with van der Waals surface area (Å²) in [6, 6.07) is 5.86. The van der Waals surface area contributed by atoms with Crippen molar-refractivity contribution in [2.45, 2.75) is 50.9 Å². The molecule has 0 N–H and O–H groups in total. The molecule has 0 bridgehead atoms. The Hall–Kier alpha value is -0.730. The van der Waals surface area contributed by atoms with Crippen LogP contribution in [0.1, 0.15) is 50.7 Å². The maximum atomic E-state index is 6.23. The molecule has 1 aromatic rings. The summed E-state index contributed by atoms with van der Waals surface area (Å²) in [4.78, 5) is 0. The summed E-state index contributed by atoms with van der Waals surface area (Å²) in [5.74, 6) is 0.408. The Kier molecular flexibility index (Phi) is 2.80. The molecule has 2 aliphatic rings. The van der Waals surface area contributed by atoms with Crippen molar-refractivity contribution in [3.05, 3.63) is 28.8 Å². The van der Waals surface area contributed by atoms with Crippen molar-refractivity contribution in [3.8, 4) is 5.75 Å². The van der Waals surface area contributed by atoms with Crippen LogP contribution in [0.5, 0.6) is 5.75 Å². The molecule has 92 valence electrons. The number of rotatable bonds is 0. The van der Waals surface area contributed by atoms with E-state index in [1.165, 1.54) is 19.3 Å². The van der Waals surface area contributed by atoms with Gasteiger partial charge in [-0.1, -0.05) is 30.2 Å². The van der Waals surface area contributed by atoms with E-state index in [-0.39, 0.29) is 6.10 Å². The third-order valence-electron chi connectivity index (χ3n) is 3.73. The lowest BCUT2D eigenvalue weighted by Gasteiger charge is -2.43. The van der Waals surface area contributed by atoms with Crippen LogP contribution in [0.4, 0.5) is 0 Å². The quantitative estimate of drug-likeness (QED) is 0.678. The summed E-state index contributed by atoms with van der Waals surface area (Å²) in [6.07, 6.45) is 5.64. The zero-order valence-electron chi connectivity index (χ0n) is 10.0. The fourth-order valence-corrected chi connectivity index (χ4v) is 3.08. The average molecular weight is 253 g/mol. The number of hydrogen-bond donors (Lipinski definition) is 0. The molecule has 3 rings (SSSR count). The van der Waals surface area contributed by atoms with Gasteiger partial charge in [-0.25, -0.2) is 0 Å². The summed E-state index contributed by atoms with van der Waals surface area (Å²) in [5.41, 5.74) is 1.06. The van der Waals surface area contributed by atoms with Crippen LogP contribution in [-0.4, -0.2) is 5.79 Å². The van der Waals surface area contributed by atoms with Gasteiger partial charge in [-0.2, -0.15) is 0 Å². The second-order valence-corrected chi connectivity index (χ2v) is 5.40. The third kappa shape index (κ3) is 1.94. The van der Waals surface area contributed by atoms with Gasteiger partial charge < -0.3 is 9.47 Å². The van der Waals surface area contributed by atoms with Crippen molar-refractivity contribution in [2.24, 2.45) is 0 Å². The Labute approximate surface area is 107 Å². The van der Waals surface area contributed by atoms with Crippen molar-refractivity contribution in [3.63, 3.8) is 0 Å². The lowest BCUT2D eigenvalue weighted by atomic mass is 9.92. The molecule has 1 saturated carbocycles. The van der Waals surface area contributed by atoms with Gasteiger partial charge >= 0.3 is 0 Å². The molecule has 0 unspecified atom stereocenters. The molecular weight excluding hydrogens is 236 g/mol. The first kappa shape index (κ1) is 11.4. The van der Waals surface area contributed by atoms with Crippen LogP contribution in [0, 0.1) is 0 Å². The summed E-state index contributed by atoms with van der Waals surface area (Å²) in [5, 5.41) is 0.697. The van der Waals surface area contributed by atoms with Crippen LogP contribution >= 0.6 is 11.6 Å². The van der Waals surface area contributed by atoms with Crippen LogP contribution in [0.15, 0.2) is 18.2 Å². The van der Waals surface area contributed by atoms with E-state index < -0.39 is 5.79 Å². The monoisotopic (exact) mass is 252 g/mol. The van der Waals surface area contributed by atoms with Gasteiger partial charge in [-0.05, 0) is 25.8 Å². The van der Waals surface area contributed by atoms with Gasteiger partial charge in [0.05, 0.1) is 11.1 Å². The van der Waals surface area contributed by atoms with Crippen molar-refractivity contribution in [1.82, 2.24) is 0 Å². The Morgan fingerprint density at radius 1 is 1.24 bits per heavy atom. The van der Waals surface area contributed by atoms with E-state index >= 15 is 0 Å². The fourth-order valence-electron chi connectivity index (χ4n) is 2.86. The summed E-state index contributed by atoms with van der Waals surface area (Å²) in [7, 11) is 0. The highest BCUT2D eigenvalue weighted by molar-refractivity contribution is 6.32. The minimum atomic E-state index is -0.421. The molecule has 0 amide bonds. The number of ether oxygens (including phenoxy) is 2. The molecule has 1 heterocycles. The largest absolute Gasteiger partial charge is 0.460 e. The van der Waals surface area contributed by atoms with Gasteiger partial charge in [0.25, 0.3) is 0 Å². The molecule has 0 aromatic heterocycles. The second kappa shape index (κ2) is 4.18. The van der Waals surface area contributed by atoms with E-state index in [9.17, 15) is 0 Å². The molecule has 2 nitrogen and oxygen atoms in total. The topological polar surface area (TPSA) is 18.5 Å². The van der Waals surface area contributed by atoms with E-state index in [2.05, 4.69) is 6.92 Å². The van der Waals surface area contributed by atoms with Gasteiger partial charge in [-0.3, -0.25) is 0 Å². The van der Waals surface area contributed by atoms with Crippen LogP contribution in [0.3, 0.4) is 0 Å². The first-order valence-electron chi connectivity index (χ1n) is 6.35. The SMILES string of the molecule is C[C@@H]1OC2(CCCCC2)Oc2c(Cl)cccc21. The van der Waals surface area contributed by atoms with E-state index in [0.29, 0.717) is 5.02 Å². The van der Waals surface area contributed by atoms with E-state index in [1.807, 2.05) is 18.2 Å². The summed E-state index contributed by atoms with van der Waals surface area (Å²) >= 11 is 6.23. The molecule has 17 heavy (non-hydrogen) atoms. The molecule has 1 fully saturated rings. The van der Waals surface area contributed by atoms with Gasteiger partial charge in [0, 0.05) is 18.4 Å². The summed E-state index contributed by atoms with van der Waals surface area (Å²) < 4.78 is 12.2. The predicted octanol–water partition coefficient (Wildman–Crippen LogP) is 4.47. The molecule has 1 spiro atoms. The molecule has 1 aromatic carbocycles. The first-order valence-corrected chi connectivity index (χ1v) is 6.73. The number of fused-ring (bicyclic) bond motifs is 1. The van der Waals surface area contributed by atoms with E-state index in [0.717, 1.165) is 24.2 Å². The molecular formula is C14H17ClO2. The maximum Gasteiger partial charge on any atom is 0.211 e. The van der Waals surface area contributed by atoms with Crippen LogP contribution in [-0.2, 0) is 4.74 Å². The van der Waals surface area contributed by atoms with Crippen molar-refractivity contribution >= 4 is 11.6 Å². The van der Waals surface area contributed by atoms with Crippen LogP contribution < -0.4 is 4.74 Å². The standard InChI is InChI=1S/C14H17ClO2/c1-10-11-6-5-7-12(15)13(11)17-14(16-10)8-3-2-4-9-14/h5-7,10H,2-4,8-9H2,1H3/t10-/m0/s1. The molecule has 0 radical (unpaired) electrons. The minimum Gasteiger partial charge on any atom is -0.460 e. The highest BCUT2D eigenvalue weighted by Gasteiger charge is 2.42. The van der Waals surface area contributed by atoms with E-state index in [1.54, 1.807) is 0 Å². The molecule has 1 aliphatic heterocycles. The minimum absolute atomic E-state index is 0.0653. The molecule has 3 heteroatoms. The average Bonchev–Trinajstić information content (AvgIpc) is 2.32. The Morgan fingerprint density at radius 2 is 2.00 bits per heavy atom. The molecule has 1 aliphatic carbocycles. The highest BCUT2D eigenvalue weighted by Crippen LogP contribution is 2.47. The predicted molar refractivity (Wildman–Crippen MR) is 67.4 cm³/mol. The normalized spacial score (nSPS) is 26.4. The van der Waals surface area contributed by atoms with E-state index in [4.69, 9.17) is 21.1 Å². The van der Waals surface area contributed by atoms with Crippen molar-refractivity contribution in [2.75, 3.05) is 0 Å². The second-order valence-electron chi connectivity index (χ2n) is 4.99. The summed E-state index contributed by atoms with van der Waals surface area (Å²) in [6.45, 7) is 2.08. The Morgan fingerprint density at radius 3 is 2.76 bits per heavy atom. The zero-order chi connectivity index (χ0) is 11.9. The third-order valence-corrected chi connectivity index (χ3v) is 4.03. The fraction of sp³-hybridized carbons (Fsp3) is 0.571. The smallest absolute Gasteiger partial charge is 0.211 e. The molecule has 1 atom stereocenters. The van der Waals surface area contributed by atoms with Gasteiger partial charge in [-0.15, -0.1) is 0 Å². The van der Waals surface area contributed by atoms with Gasteiger partial charge in [0.1, 0.15) is 5.75 Å². The Bertz CT molecular complexity index is 424. The van der Waals surface area contributed by atoms with Crippen molar-refractivity contribution in [1.29, 1.82) is 0 Å². The number of benzene rings is 1. The van der Waals surface area contributed by atoms with Gasteiger partial charge in [0.15, 0.2) is 0 Å². The first-order chi connectivity index (χ1) is 8.20. The zero-order valence-corrected chi connectivity index (χ0v) is 10.8. The number of halogens is 1. The Balaban J connectivity index is 1.99. The lowest BCUT2D eigenvalue weighted by Crippen LogP contribution is -2.44. The van der Waals surface area contributed by atoms with Crippen LogP contribution in [0.25, 0.3) is 0 Å². The van der Waals surface area contributed by atoms with Gasteiger partial charge in [0.2, 0.25) is 5.79 Å². The lowest BCUT2D eigenvalue weighted by molar-refractivity contribution is -0.240. The number of hydrogen-bond acceptors (Lipinski definition) is 2. The highest BCUT2D eigenvalue weighted by atomic mass is 35.5. The molecule has 0 saturated heterocycles. The number of para-hydroxylation sites is 1. The van der Waals surface area contributed by atoms with Crippen LogP contribution in [0.2, 0.25) is 5.02 Å². The maximum absolute atomic E-state index is 6.23.